The molecule has 2 rings (SSSR count). The van der Waals surface area contributed by atoms with Gasteiger partial charge in [0.1, 0.15) is 12.3 Å². The van der Waals surface area contributed by atoms with E-state index >= 15 is 0 Å². The molecule has 2 aliphatic heterocycles. The molecule has 0 aromatic heterocycles. The van der Waals surface area contributed by atoms with Crippen LogP contribution in [0.25, 0.3) is 0 Å². The molecule has 0 spiro atoms. The van der Waals surface area contributed by atoms with E-state index < -0.39 is 12.1 Å². The first kappa shape index (κ1) is 19.4. The van der Waals surface area contributed by atoms with Gasteiger partial charge in [-0.15, -0.1) is 0 Å². The van der Waals surface area contributed by atoms with E-state index in [0.717, 1.165) is 6.42 Å². The number of hydrogen-bond donors (Lipinski definition) is 2. The molecule has 0 aromatic rings. The summed E-state index contributed by atoms with van der Waals surface area (Å²) in [5, 5.41) is 5.45. The monoisotopic (exact) mass is 351 g/mol. The molecule has 3 amide bonds. The van der Waals surface area contributed by atoms with Crippen LogP contribution in [0.5, 0.6) is 0 Å². The Balaban J connectivity index is 1.94. The molecule has 7 heteroatoms. The molecule has 25 heavy (non-hydrogen) atoms. The van der Waals surface area contributed by atoms with Crippen LogP contribution in [0, 0.1) is 11.3 Å². The highest BCUT2D eigenvalue weighted by atomic mass is 16.2. The van der Waals surface area contributed by atoms with Gasteiger partial charge in [-0.2, -0.15) is 0 Å². The van der Waals surface area contributed by atoms with Crippen LogP contribution in [-0.4, -0.2) is 54.1 Å². The number of carbonyl (C=O) groups is 4. The second-order valence-corrected chi connectivity index (χ2v) is 8.25. The van der Waals surface area contributed by atoms with Crippen LogP contribution < -0.4 is 10.6 Å². The number of nitrogens with one attached hydrogen (secondary N) is 2. The lowest BCUT2D eigenvalue weighted by atomic mass is 9.91. The molecule has 0 aromatic carbocycles. The minimum absolute atomic E-state index is 0.0250. The summed E-state index contributed by atoms with van der Waals surface area (Å²) in [6.45, 7) is 7.16. The lowest BCUT2D eigenvalue weighted by Crippen LogP contribution is -2.50. The van der Waals surface area contributed by atoms with Crippen LogP contribution in [-0.2, 0) is 19.2 Å². The standard InChI is InChI=1S/C18H29N3O4/c1-18(2,3)10-15(23)21-8-4-5-14(21)17(25)20-13(11-22)9-12-6-7-19-16(12)24/h11-14H,4-10H2,1-3H3,(H,19,24)(H,20,25)/t12-,13-,14-/m0/s1. The molecule has 0 radical (unpaired) electrons. The van der Waals surface area contributed by atoms with Gasteiger partial charge in [0.2, 0.25) is 17.7 Å². The number of nitrogens with zero attached hydrogens (tertiary/aromatic N) is 1. The number of amides is 3. The first-order valence-electron chi connectivity index (χ1n) is 9.04. The highest BCUT2D eigenvalue weighted by Crippen LogP contribution is 2.25. The Morgan fingerprint density at radius 1 is 1.36 bits per heavy atom. The zero-order valence-electron chi connectivity index (χ0n) is 15.3. The van der Waals surface area contributed by atoms with Crippen molar-refractivity contribution < 1.29 is 19.2 Å². The van der Waals surface area contributed by atoms with E-state index in [0.29, 0.717) is 45.1 Å². The Morgan fingerprint density at radius 3 is 2.64 bits per heavy atom. The maximum Gasteiger partial charge on any atom is 0.243 e. The SMILES string of the molecule is CC(C)(C)CC(=O)N1CCC[C@H]1C(=O)N[C@H](C=O)C[C@@H]1CCNC1=O. The third-order valence-corrected chi connectivity index (χ3v) is 4.75. The summed E-state index contributed by atoms with van der Waals surface area (Å²) in [6.07, 6.45) is 3.44. The predicted octanol–water partition coefficient (Wildman–Crippen LogP) is 0.624. The average Bonchev–Trinajstić information content (AvgIpc) is 3.14. The van der Waals surface area contributed by atoms with Crippen molar-refractivity contribution in [2.45, 2.75) is 65.0 Å². The van der Waals surface area contributed by atoms with Gasteiger partial charge in [0.15, 0.2) is 0 Å². The molecule has 3 atom stereocenters. The zero-order chi connectivity index (χ0) is 18.6. The zero-order valence-corrected chi connectivity index (χ0v) is 15.3. The molecular formula is C18H29N3O4. The van der Waals surface area contributed by atoms with E-state index in [9.17, 15) is 19.2 Å². The second-order valence-electron chi connectivity index (χ2n) is 8.25. The van der Waals surface area contributed by atoms with E-state index in [-0.39, 0.29) is 29.1 Å². The number of hydrogen-bond acceptors (Lipinski definition) is 4. The first-order valence-corrected chi connectivity index (χ1v) is 9.04. The van der Waals surface area contributed by atoms with E-state index in [1.807, 2.05) is 20.8 Å². The van der Waals surface area contributed by atoms with Crippen molar-refractivity contribution >= 4 is 24.0 Å². The number of rotatable bonds is 6. The Kier molecular flexibility index (Phi) is 6.19. The van der Waals surface area contributed by atoms with E-state index in [1.165, 1.54) is 0 Å². The highest BCUT2D eigenvalue weighted by molar-refractivity contribution is 5.90. The van der Waals surface area contributed by atoms with Crippen LogP contribution in [0.2, 0.25) is 0 Å². The van der Waals surface area contributed by atoms with Crippen LogP contribution in [0.1, 0.15) is 52.9 Å². The summed E-state index contributed by atoms with van der Waals surface area (Å²) < 4.78 is 0. The molecule has 2 fully saturated rings. The van der Waals surface area contributed by atoms with Crippen molar-refractivity contribution in [1.29, 1.82) is 0 Å². The first-order chi connectivity index (χ1) is 11.7. The molecule has 7 nitrogen and oxygen atoms in total. The van der Waals surface area contributed by atoms with Crippen LogP contribution in [0.15, 0.2) is 0 Å². The third kappa shape index (κ3) is 5.28. The summed E-state index contributed by atoms with van der Waals surface area (Å²) in [6, 6.07) is -1.21. The predicted molar refractivity (Wildman–Crippen MR) is 92.5 cm³/mol. The van der Waals surface area contributed by atoms with Crippen LogP contribution in [0.4, 0.5) is 0 Å². The molecule has 2 heterocycles. The second kappa shape index (κ2) is 7.97. The minimum atomic E-state index is -0.693. The summed E-state index contributed by atoms with van der Waals surface area (Å²) in [5.74, 6) is -0.625. The molecular weight excluding hydrogens is 322 g/mol. The molecule has 2 aliphatic rings. The van der Waals surface area contributed by atoms with Gasteiger partial charge in [0.05, 0.1) is 6.04 Å². The lowest BCUT2D eigenvalue weighted by molar-refractivity contribution is -0.140. The van der Waals surface area contributed by atoms with E-state index in [1.54, 1.807) is 4.90 Å². The Morgan fingerprint density at radius 2 is 2.08 bits per heavy atom. The molecule has 2 saturated heterocycles. The largest absolute Gasteiger partial charge is 0.356 e. The van der Waals surface area contributed by atoms with Crippen molar-refractivity contribution in [2.75, 3.05) is 13.1 Å². The molecule has 140 valence electrons. The molecule has 0 bridgehead atoms. The van der Waals surface area contributed by atoms with Gasteiger partial charge in [-0.25, -0.2) is 0 Å². The fourth-order valence-electron chi connectivity index (χ4n) is 3.50. The van der Waals surface area contributed by atoms with Crippen LogP contribution >= 0.6 is 0 Å². The molecule has 2 N–H and O–H groups in total. The van der Waals surface area contributed by atoms with Crippen molar-refractivity contribution in [1.82, 2.24) is 15.5 Å². The Hall–Kier alpha value is -1.92. The summed E-state index contributed by atoms with van der Waals surface area (Å²) in [5.41, 5.74) is -0.137. The smallest absolute Gasteiger partial charge is 0.243 e. The minimum Gasteiger partial charge on any atom is -0.356 e. The van der Waals surface area contributed by atoms with E-state index in [4.69, 9.17) is 0 Å². The molecule has 0 unspecified atom stereocenters. The summed E-state index contributed by atoms with van der Waals surface area (Å²) >= 11 is 0. The normalized spacial score (nSPS) is 24.8. The van der Waals surface area contributed by atoms with Gasteiger partial charge >= 0.3 is 0 Å². The van der Waals surface area contributed by atoms with Crippen molar-refractivity contribution in [3.63, 3.8) is 0 Å². The van der Waals surface area contributed by atoms with Gasteiger partial charge < -0.3 is 20.3 Å². The maximum atomic E-state index is 12.6. The number of carbonyl (C=O) groups excluding carboxylic acids is 4. The number of aldehydes is 1. The van der Waals surface area contributed by atoms with Crippen molar-refractivity contribution in [3.8, 4) is 0 Å². The molecule has 0 aliphatic carbocycles. The van der Waals surface area contributed by atoms with Crippen LogP contribution in [0.3, 0.4) is 0 Å². The van der Waals surface area contributed by atoms with Crippen molar-refractivity contribution in [2.24, 2.45) is 11.3 Å². The fraction of sp³-hybridized carbons (Fsp3) is 0.778. The highest BCUT2D eigenvalue weighted by Gasteiger charge is 2.36. The topological polar surface area (TPSA) is 95.6 Å². The van der Waals surface area contributed by atoms with Gasteiger partial charge in [-0.3, -0.25) is 14.4 Å². The summed E-state index contributed by atoms with van der Waals surface area (Å²) in [7, 11) is 0. The fourth-order valence-corrected chi connectivity index (χ4v) is 3.50. The van der Waals surface area contributed by atoms with Gasteiger partial charge in [0.25, 0.3) is 0 Å². The van der Waals surface area contributed by atoms with Crippen molar-refractivity contribution in [3.05, 3.63) is 0 Å². The van der Waals surface area contributed by atoms with Gasteiger partial charge in [-0.05, 0) is 31.1 Å². The maximum absolute atomic E-state index is 12.6. The Bertz CT molecular complexity index is 541. The quantitative estimate of drug-likeness (QED) is 0.686. The average molecular weight is 351 g/mol. The van der Waals surface area contributed by atoms with E-state index in [2.05, 4.69) is 10.6 Å². The van der Waals surface area contributed by atoms with Gasteiger partial charge in [-0.1, -0.05) is 20.8 Å². The van der Waals surface area contributed by atoms with Gasteiger partial charge in [0, 0.05) is 25.4 Å². The number of likely N-dealkylation sites (tertiary alicyclic amines) is 1. The molecule has 0 saturated carbocycles. The Labute approximate surface area is 148 Å². The third-order valence-electron chi connectivity index (χ3n) is 4.75. The lowest BCUT2D eigenvalue weighted by Gasteiger charge is -2.28. The summed E-state index contributed by atoms with van der Waals surface area (Å²) in [4.78, 5) is 49.7.